The van der Waals surface area contributed by atoms with Gasteiger partial charge in [-0.3, -0.25) is 0 Å². The Hall–Kier alpha value is -3.12. The van der Waals surface area contributed by atoms with E-state index >= 15 is 0 Å². The maximum atomic E-state index is 14.0. The Morgan fingerprint density at radius 3 is 1.86 bits per heavy atom. The van der Waals surface area contributed by atoms with Crippen molar-refractivity contribution in [2.45, 2.75) is 6.92 Å². The predicted molar refractivity (Wildman–Crippen MR) is 114 cm³/mol. The van der Waals surface area contributed by atoms with Crippen molar-refractivity contribution >= 4 is 43.6 Å². The Kier molecular flexibility index (Phi) is 3.99. The second kappa shape index (κ2) is 6.46. The van der Waals surface area contributed by atoms with E-state index in [0.717, 1.165) is 55.7 Å². The summed E-state index contributed by atoms with van der Waals surface area (Å²) in [5.41, 5.74) is 4.28. The average Bonchev–Trinajstić information content (AvgIpc) is 3.22. The van der Waals surface area contributed by atoms with E-state index in [0.29, 0.717) is 12.4 Å². The SMILES string of the molecule is Cc1c2c([nH]c3ccc(F)cc32)c(OCCN(C)C)c2[nH]c3ccc(F)cc3c12. The Morgan fingerprint density at radius 1 is 0.862 bits per heavy atom. The molecule has 0 atom stereocenters. The van der Waals surface area contributed by atoms with Gasteiger partial charge in [-0.1, -0.05) is 0 Å². The molecule has 5 rings (SSSR count). The van der Waals surface area contributed by atoms with Gasteiger partial charge in [0.1, 0.15) is 18.2 Å². The van der Waals surface area contributed by atoms with Gasteiger partial charge < -0.3 is 19.6 Å². The van der Waals surface area contributed by atoms with Crippen LogP contribution >= 0.6 is 0 Å². The number of halogens is 2. The van der Waals surface area contributed by atoms with Crippen molar-refractivity contribution < 1.29 is 13.5 Å². The van der Waals surface area contributed by atoms with E-state index in [4.69, 9.17) is 4.74 Å². The summed E-state index contributed by atoms with van der Waals surface area (Å²) in [7, 11) is 3.97. The minimum atomic E-state index is -0.294. The normalized spacial score (nSPS) is 12.2. The molecule has 0 unspecified atom stereocenters. The lowest BCUT2D eigenvalue weighted by molar-refractivity contribution is 0.265. The first-order valence-corrected chi connectivity index (χ1v) is 9.56. The van der Waals surface area contributed by atoms with E-state index in [-0.39, 0.29) is 11.6 Å². The number of nitrogens with zero attached hydrogens (tertiary/aromatic N) is 1. The molecule has 2 N–H and O–H groups in total. The quantitative estimate of drug-likeness (QED) is 0.424. The smallest absolute Gasteiger partial charge is 0.167 e. The van der Waals surface area contributed by atoms with Gasteiger partial charge in [0.25, 0.3) is 0 Å². The first-order valence-electron chi connectivity index (χ1n) is 9.56. The highest BCUT2D eigenvalue weighted by atomic mass is 19.1. The van der Waals surface area contributed by atoms with Crippen molar-refractivity contribution in [2.75, 3.05) is 27.2 Å². The summed E-state index contributed by atoms with van der Waals surface area (Å²) in [5.74, 6) is 0.0894. The molecule has 0 saturated carbocycles. The van der Waals surface area contributed by atoms with Crippen molar-refractivity contribution in [3.63, 3.8) is 0 Å². The average molecular weight is 393 g/mol. The van der Waals surface area contributed by atoms with Gasteiger partial charge in [-0.25, -0.2) is 8.78 Å². The predicted octanol–water partition coefficient (Wildman–Crippen LogP) is 5.48. The third-order valence-electron chi connectivity index (χ3n) is 5.51. The number of likely N-dealkylation sites (N-methyl/N-ethyl adjacent to an activating group) is 1. The van der Waals surface area contributed by atoms with Gasteiger partial charge in [0, 0.05) is 39.1 Å². The van der Waals surface area contributed by atoms with Crippen LogP contribution in [0.1, 0.15) is 5.56 Å². The number of benzene rings is 3. The zero-order valence-corrected chi connectivity index (χ0v) is 16.5. The van der Waals surface area contributed by atoms with Crippen LogP contribution in [0.4, 0.5) is 8.78 Å². The van der Waals surface area contributed by atoms with Crippen LogP contribution in [0.5, 0.6) is 5.75 Å². The van der Waals surface area contributed by atoms with E-state index in [1.54, 1.807) is 12.1 Å². The molecule has 0 amide bonds. The third kappa shape index (κ3) is 2.75. The van der Waals surface area contributed by atoms with Gasteiger partial charge >= 0.3 is 0 Å². The Morgan fingerprint density at radius 2 is 1.38 bits per heavy atom. The van der Waals surface area contributed by atoms with E-state index in [1.165, 1.54) is 24.3 Å². The van der Waals surface area contributed by atoms with Gasteiger partial charge in [0.05, 0.1) is 11.0 Å². The molecule has 0 aliphatic rings. The standard InChI is InChI=1S/C23H21F2N3O/c1-12-19-15-10-13(24)4-6-17(15)26-21(19)23(29-9-8-28(2)3)22-20(12)16-11-14(25)5-7-18(16)27-22/h4-7,10-11,26-27H,8-9H2,1-3H3. The molecule has 0 aliphatic heterocycles. The van der Waals surface area contributed by atoms with Crippen molar-refractivity contribution in [2.24, 2.45) is 0 Å². The zero-order valence-electron chi connectivity index (χ0n) is 16.5. The number of hydrogen-bond donors (Lipinski definition) is 2. The number of hydrogen-bond acceptors (Lipinski definition) is 2. The fourth-order valence-corrected chi connectivity index (χ4v) is 4.17. The van der Waals surface area contributed by atoms with Crippen molar-refractivity contribution in [1.29, 1.82) is 0 Å². The van der Waals surface area contributed by atoms with Gasteiger partial charge in [0.2, 0.25) is 0 Å². The maximum absolute atomic E-state index is 14.0. The maximum Gasteiger partial charge on any atom is 0.167 e. The molecule has 6 heteroatoms. The van der Waals surface area contributed by atoms with Gasteiger partial charge in [0.15, 0.2) is 5.75 Å². The number of aryl methyl sites for hydroxylation is 1. The summed E-state index contributed by atoms with van der Waals surface area (Å²) in [5, 5.41) is 3.39. The topological polar surface area (TPSA) is 44.0 Å². The Bertz CT molecular complexity index is 1300. The molecule has 2 heterocycles. The molecule has 148 valence electrons. The molecule has 0 aliphatic carbocycles. The van der Waals surface area contributed by atoms with Crippen LogP contribution in [0.15, 0.2) is 36.4 Å². The van der Waals surface area contributed by atoms with E-state index in [1.807, 2.05) is 25.9 Å². The minimum absolute atomic E-state index is 0.294. The van der Waals surface area contributed by atoms with Crippen molar-refractivity contribution in [3.05, 3.63) is 53.6 Å². The van der Waals surface area contributed by atoms with Crippen molar-refractivity contribution in [1.82, 2.24) is 14.9 Å². The first-order chi connectivity index (χ1) is 13.9. The molecule has 0 saturated heterocycles. The molecular weight excluding hydrogens is 372 g/mol. The monoisotopic (exact) mass is 393 g/mol. The van der Waals surface area contributed by atoms with Crippen LogP contribution in [0.25, 0.3) is 43.6 Å². The number of aromatic amines is 2. The van der Waals surface area contributed by atoms with E-state index < -0.39 is 0 Å². The molecule has 3 aromatic carbocycles. The third-order valence-corrected chi connectivity index (χ3v) is 5.51. The van der Waals surface area contributed by atoms with Crippen molar-refractivity contribution in [3.8, 4) is 5.75 Å². The number of rotatable bonds is 4. The highest BCUT2D eigenvalue weighted by molar-refractivity contribution is 6.23. The number of fused-ring (bicyclic) bond motifs is 6. The molecule has 5 aromatic rings. The van der Waals surface area contributed by atoms with Crippen LogP contribution in [0.3, 0.4) is 0 Å². The summed E-state index contributed by atoms with van der Waals surface area (Å²) in [6, 6.07) is 9.42. The second-order valence-corrected chi connectivity index (χ2v) is 7.74. The van der Waals surface area contributed by atoms with Gasteiger partial charge in [-0.15, -0.1) is 0 Å². The van der Waals surface area contributed by atoms with Crippen LogP contribution in [0.2, 0.25) is 0 Å². The minimum Gasteiger partial charge on any atom is -0.488 e. The lowest BCUT2D eigenvalue weighted by Crippen LogP contribution is -2.19. The van der Waals surface area contributed by atoms with Crippen LogP contribution < -0.4 is 4.74 Å². The number of nitrogens with one attached hydrogen (secondary N) is 2. The fraction of sp³-hybridized carbons (Fsp3) is 0.217. The van der Waals surface area contributed by atoms with E-state index in [9.17, 15) is 8.78 Å². The summed E-state index contributed by atoms with van der Waals surface area (Å²) in [6.45, 7) is 3.24. The largest absolute Gasteiger partial charge is 0.488 e. The lowest BCUT2D eigenvalue weighted by atomic mass is 10.0. The highest BCUT2D eigenvalue weighted by Gasteiger charge is 2.21. The summed E-state index contributed by atoms with van der Waals surface area (Å²) in [4.78, 5) is 8.85. The van der Waals surface area contributed by atoms with E-state index in [2.05, 4.69) is 9.97 Å². The van der Waals surface area contributed by atoms with Gasteiger partial charge in [-0.05, 0) is 63.0 Å². The van der Waals surface area contributed by atoms with Crippen LogP contribution in [0, 0.1) is 18.6 Å². The van der Waals surface area contributed by atoms with Crippen LogP contribution in [-0.2, 0) is 0 Å². The van der Waals surface area contributed by atoms with Crippen LogP contribution in [-0.4, -0.2) is 42.1 Å². The molecule has 29 heavy (non-hydrogen) atoms. The molecule has 0 spiro atoms. The van der Waals surface area contributed by atoms with Gasteiger partial charge in [-0.2, -0.15) is 0 Å². The zero-order chi connectivity index (χ0) is 20.3. The highest BCUT2D eigenvalue weighted by Crippen LogP contribution is 2.43. The summed E-state index contributed by atoms with van der Waals surface area (Å²) < 4.78 is 34.3. The lowest BCUT2D eigenvalue weighted by Gasteiger charge is -2.14. The molecule has 0 bridgehead atoms. The summed E-state index contributed by atoms with van der Waals surface area (Å²) in [6.07, 6.45) is 0. The molecule has 0 radical (unpaired) electrons. The second-order valence-electron chi connectivity index (χ2n) is 7.74. The Labute approximate surface area is 166 Å². The molecule has 2 aromatic heterocycles. The first kappa shape index (κ1) is 17.9. The number of ether oxygens (including phenoxy) is 1. The molecule has 0 fully saturated rings. The summed E-state index contributed by atoms with van der Waals surface area (Å²) >= 11 is 0. The number of H-pyrrole nitrogens is 2. The molecular formula is C23H21F2N3O. The molecule has 4 nitrogen and oxygen atoms in total. The fourth-order valence-electron chi connectivity index (χ4n) is 4.17. The number of aromatic nitrogens is 2. The Balaban J connectivity index is 1.92.